The molecule has 1 aliphatic rings. The number of anilines is 1. The maximum atomic E-state index is 12.3. The summed E-state index contributed by atoms with van der Waals surface area (Å²) in [7, 11) is 0. The van der Waals surface area contributed by atoms with E-state index in [2.05, 4.69) is 0 Å². The highest BCUT2D eigenvalue weighted by Gasteiger charge is 2.23. The maximum Gasteiger partial charge on any atom is 0.338 e. The van der Waals surface area contributed by atoms with Gasteiger partial charge in [-0.05, 0) is 61.9 Å². The van der Waals surface area contributed by atoms with Gasteiger partial charge < -0.3 is 9.64 Å². The van der Waals surface area contributed by atoms with E-state index in [-0.39, 0.29) is 11.7 Å². The van der Waals surface area contributed by atoms with Gasteiger partial charge in [-0.1, -0.05) is 11.6 Å². The van der Waals surface area contributed by atoms with Crippen LogP contribution in [0, 0.1) is 0 Å². The predicted octanol–water partition coefficient (Wildman–Crippen LogP) is 3.90. The summed E-state index contributed by atoms with van der Waals surface area (Å²) in [6.07, 6.45) is 0.477. The van der Waals surface area contributed by atoms with Crippen LogP contribution in [0.5, 0.6) is 0 Å². The Balaban J connectivity index is 1.64. The van der Waals surface area contributed by atoms with Crippen molar-refractivity contribution in [2.75, 3.05) is 11.4 Å². The number of hydrogen-bond donors (Lipinski definition) is 0. The zero-order valence-corrected chi connectivity index (χ0v) is 15.0. The number of nitrogens with zero attached hydrogens (tertiary/aromatic N) is 1. The Morgan fingerprint density at radius 1 is 1.04 bits per heavy atom. The lowest BCUT2D eigenvalue weighted by atomic mass is 10.1. The molecule has 1 atom stereocenters. The Kier molecular flexibility index (Phi) is 5.38. The van der Waals surface area contributed by atoms with Crippen molar-refractivity contribution in [1.82, 2.24) is 0 Å². The van der Waals surface area contributed by atoms with Gasteiger partial charge in [-0.25, -0.2) is 4.79 Å². The van der Waals surface area contributed by atoms with Crippen molar-refractivity contribution >= 4 is 34.9 Å². The maximum absolute atomic E-state index is 12.3. The van der Waals surface area contributed by atoms with Crippen LogP contribution < -0.4 is 4.90 Å². The Bertz CT molecular complexity index is 830. The van der Waals surface area contributed by atoms with E-state index in [0.717, 1.165) is 12.1 Å². The molecule has 1 aliphatic heterocycles. The minimum atomic E-state index is -0.913. The molecule has 2 aromatic carbocycles. The Morgan fingerprint density at radius 2 is 1.65 bits per heavy atom. The smallest absolute Gasteiger partial charge is 0.338 e. The summed E-state index contributed by atoms with van der Waals surface area (Å²) in [6, 6.07) is 13.0. The number of ether oxygens (including phenoxy) is 1. The van der Waals surface area contributed by atoms with Gasteiger partial charge in [-0.15, -0.1) is 0 Å². The molecule has 0 unspecified atom stereocenters. The minimum Gasteiger partial charge on any atom is -0.451 e. The summed E-state index contributed by atoms with van der Waals surface area (Å²) in [4.78, 5) is 38.0. The van der Waals surface area contributed by atoms with Crippen molar-refractivity contribution in [3.63, 3.8) is 0 Å². The van der Waals surface area contributed by atoms with Crippen molar-refractivity contribution in [1.29, 1.82) is 0 Å². The van der Waals surface area contributed by atoms with E-state index in [1.54, 1.807) is 53.4 Å². The first-order valence-corrected chi connectivity index (χ1v) is 8.74. The molecule has 3 rings (SSSR count). The number of carbonyl (C=O) groups is 3. The number of Topliss-reactive ketones (excluding diaryl/α,β-unsaturated/α-hetero) is 1. The molecular formula is C20H18ClNO4. The standard InChI is InChI=1S/C20H18ClNO4/c1-13(19(24)14-4-8-16(21)9-5-14)26-20(25)15-6-10-17(11-7-15)22-12-2-3-18(22)23/h4-11,13H,2-3,12H2,1H3/t13-/m1/s1. The fraction of sp³-hybridized carbons (Fsp3) is 0.250. The summed E-state index contributed by atoms with van der Waals surface area (Å²) >= 11 is 5.81. The molecule has 0 aromatic heterocycles. The first kappa shape index (κ1) is 18.1. The van der Waals surface area contributed by atoms with Gasteiger partial charge in [0.1, 0.15) is 0 Å². The molecule has 5 nitrogen and oxygen atoms in total. The van der Waals surface area contributed by atoms with Crippen LogP contribution in [0.25, 0.3) is 0 Å². The lowest BCUT2D eigenvalue weighted by Gasteiger charge is -2.16. The van der Waals surface area contributed by atoms with Crippen LogP contribution in [0.15, 0.2) is 48.5 Å². The number of ketones is 1. The number of amides is 1. The fourth-order valence-corrected chi connectivity index (χ4v) is 2.96. The molecule has 26 heavy (non-hydrogen) atoms. The number of hydrogen-bond acceptors (Lipinski definition) is 4. The van der Waals surface area contributed by atoms with Gasteiger partial charge in [0, 0.05) is 29.2 Å². The Morgan fingerprint density at radius 3 is 2.23 bits per heavy atom. The molecular weight excluding hydrogens is 354 g/mol. The monoisotopic (exact) mass is 371 g/mol. The fourth-order valence-electron chi connectivity index (χ4n) is 2.83. The number of rotatable bonds is 5. The van der Waals surface area contributed by atoms with E-state index in [9.17, 15) is 14.4 Å². The second-order valence-corrected chi connectivity index (χ2v) is 6.55. The number of esters is 1. The van der Waals surface area contributed by atoms with E-state index in [0.29, 0.717) is 29.1 Å². The summed E-state index contributed by atoms with van der Waals surface area (Å²) in [5.41, 5.74) is 1.52. The molecule has 0 spiro atoms. The second kappa shape index (κ2) is 7.70. The molecule has 1 saturated heterocycles. The first-order chi connectivity index (χ1) is 12.5. The van der Waals surface area contributed by atoms with Crippen LogP contribution in [0.3, 0.4) is 0 Å². The highest BCUT2D eigenvalue weighted by atomic mass is 35.5. The van der Waals surface area contributed by atoms with Gasteiger partial charge in [0.25, 0.3) is 0 Å². The SMILES string of the molecule is C[C@@H](OC(=O)c1ccc(N2CCCC2=O)cc1)C(=O)c1ccc(Cl)cc1. The molecule has 0 bridgehead atoms. The quantitative estimate of drug-likeness (QED) is 0.590. The van der Waals surface area contributed by atoms with E-state index >= 15 is 0 Å². The van der Waals surface area contributed by atoms with Crippen LogP contribution in [0.2, 0.25) is 5.02 Å². The molecule has 0 aliphatic carbocycles. The lowest BCUT2D eigenvalue weighted by molar-refractivity contribution is -0.117. The van der Waals surface area contributed by atoms with Crippen molar-refractivity contribution in [3.8, 4) is 0 Å². The summed E-state index contributed by atoms with van der Waals surface area (Å²) < 4.78 is 5.27. The summed E-state index contributed by atoms with van der Waals surface area (Å²) in [6.45, 7) is 2.22. The van der Waals surface area contributed by atoms with Gasteiger partial charge in [0.05, 0.1) is 5.56 Å². The molecule has 2 aromatic rings. The van der Waals surface area contributed by atoms with Crippen molar-refractivity contribution < 1.29 is 19.1 Å². The average molecular weight is 372 g/mol. The number of carbonyl (C=O) groups excluding carboxylic acids is 3. The van der Waals surface area contributed by atoms with E-state index in [1.807, 2.05) is 0 Å². The normalized spacial score (nSPS) is 15.0. The number of halogens is 1. The highest BCUT2D eigenvalue weighted by Crippen LogP contribution is 2.22. The first-order valence-electron chi connectivity index (χ1n) is 8.37. The average Bonchev–Trinajstić information content (AvgIpc) is 3.07. The molecule has 1 fully saturated rings. The molecule has 0 radical (unpaired) electrons. The Hall–Kier alpha value is -2.66. The second-order valence-electron chi connectivity index (χ2n) is 6.11. The van der Waals surface area contributed by atoms with Crippen LogP contribution in [-0.4, -0.2) is 30.3 Å². The van der Waals surface area contributed by atoms with Crippen molar-refractivity contribution in [2.45, 2.75) is 25.9 Å². The molecule has 1 heterocycles. The van der Waals surface area contributed by atoms with Crippen molar-refractivity contribution in [3.05, 3.63) is 64.7 Å². The van der Waals surface area contributed by atoms with E-state index in [4.69, 9.17) is 16.3 Å². The third-order valence-electron chi connectivity index (χ3n) is 4.27. The highest BCUT2D eigenvalue weighted by molar-refractivity contribution is 6.30. The van der Waals surface area contributed by atoms with Crippen LogP contribution in [0.1, 0.15) is 40.5 Å². The third kappa shape index (κ3) is 3.94. The number of benzene rings is 2. The van der Waals surface area contributed by atoms with Crippen LogP contribution in [0.4, 0.5) is 5.69 Å². The van der Waals surface area contributed by atoms with Gasteiger partial charge in [0.15, 0.2) is 6.10 Å². The molecule has 134 valence electrons. The Labute approximate surface area is 156 Å². The zero-order valence-electron chi connectivity index (χ0n) is 14.3. The van der Waals surface area contributed by atoms with Crippen LogP contribution >= 0.6 is 11.6 Å². The van der Waals surface area contributed by atoms with E-state index < -0.39 is 12.1 Å². The summed E-state index contributed by atoms with van der Waals surface area (Å²) in [5.74, 6) is -0.795. The van der Waals surface area contributed by atoms with E-state index in [1.165, 1.54) is 6.92 Å². The van der Waals surface area contributed by atoms with Gasteiger partial charge >= 0.3 is 5.97 Å². The molecule has 1 amide bonds. The topological polar surface area (TPSA) is 63.7 Å². The largest absolute Gasteiger partial charge is 0.451 e. The lowest BCUT2D eigenvalue weighted by Crippen LogP contribution is -2.25. The van der Waals surface area contributed by atoms with Gasteiger partial charge in [-0.2, -0.15) is 0 Å². The third-order valence-corrected chi connectivity index (χ3v) is 4.52. The molecule has 6 heteroatoms. The summed E-state index contributed by atoms with van der Waals surface area (Å²) in [5, 5.41) is 0.530. The van der Waals surface area contributed by atoms with Gasteiger partial charge in [-0.3, -0.25) is 9.59 Å². The molecule has 0 N–H and O–H groups in total. The minimum absolute atomic E-state index is 0.0857. The van der Waals surface area contributed by atoms with Crippen molar-refractivity contribution in [2.24, 2.45) is 0 Å². The van der Waals surface area contributed by atoms with Gasteiger partial charge in [0.2, 0.25) is 11.7 Å². The molecule has 0 saturated carbocycles. The zero-order chi connectivity index (χ0) is 18.7. The predicted molar refractivity (Wildman–Crippen MR) is 98.7 cm³/mol. The van der Waals surface area contributed by atoms with Crippen LogP contribution in [-0.2, 0) is 9.53 Å².